The Morgan fingerprint density at radius 1 is 1.38 bits per heavy atom. The Morgan fingerprint density at radius 2 is 2.06 bits per heavy atom. The quantitative estimate of drug-likeness (QED) is 0.721. The monoisotopic (exact) mass is 228 g/mol. The molecule has 16 heavy (non-hydrogen) atoms. The third kappa shape index (κ3) is 2.53. The van der Waals surface area contributed by atoms with Gasteiger partial charge in [-0.3, -0.25) is 0 Å². The molecule has 1 aromatic rings. The van der Waals surface area contributed by atoms with Crippen molar-refractivity contribution in [2.75, 3.05) is 6.61 Å². The molecule has 6 heteroatoms. The maximum Gasteiger partial charge on any atom is 0.344 e. The van der Waals surface area contributed by atoms with E-state index < -0.39 is 23.1 Å². The molecule has 0 aromatic carbocycles. The number of aromatic carboxylic acids is 2. The van der Waals surface area contributed by atoms with Gasteiger partial charge in [0.05, 0.1) is 6.61 Å². The molecule has 0 fully saturated rings. The second-order valence-corrected chi connectivity index (χ2v) is 3.12. The molecular formula is C10H12O6. The van der Waals surface area contributed by atoms with Crippen LogP contribution in [0.4, 0.5) is 0 Å². The van der Waals surface area contributed by atoms with Gasteiger partial charge in [-0.1, -0.05) is 13.3 Å². The van der Waals surface area contributed by atoms with Gasteiger partial charge in [0.25, 0.3) is 5.95 Å². The molecule has 6 nitrogen and oxygen atoms in total. The summed E-state index contributed by atoms with van der Waals surface area (Å²) in [4.78, 5) is 21.5. The molecule has 0 atom stereocenters. The molecule has 0 aliphatic rings. The van der Waals surface area contributed by atoms with Crippen LogP contribution in [0.3, 0.4) is 0 Å². The van der Waals surface area contributed by atoms with Crippen molar-refractivity contribution < 1.29 is 29.0 Å². The molecule has 0 amide bonds. The molecule has 0 saturated heterocycles. The van der Waals surface area contributed by atoms with E-state index in [9.17, 15) is 9.59 Å². The highest BCUT2D eigenvalue weighted by Gasteiger charge is 2.25. The number of ether oxygens (including phenoxy) is 1. The van der Waals surface area contributed by atoms with Gasteiger partial charge in [0, 0.05) is 0 Å². The molecule has 2 N–H and O–H groups in total. The van der Waals surface area contributed by atoms with Crippen molar-refractivity contribution in [2.24, 2.45) is 0 Å². The molecular weight excluding hydrogens is 216 g/mol. The van der Waals surface area contributed by atoms with E-state index in [0.29, 0.717) is 6.61 Å². The number of hydrogen-bond donors (Lipinski definition) is 2. The Labute approximate surface area is 91.4 Å². The van der Waals surface area contributed by atoms with Gasteiger partial charge < -0.3 is 19.4 Å². The van der Waals surface area contributed by atoms with E-state index >= 15 is 0 Å². The average molecular weight is 228 g/mol. The van der Waals surface area contributed by atoms with E-state index in [1.807, 2.05) is 6.92 Å². The largest absolute Gasteiger partial charge is 0.478 e. The van der Waals surface area contributed by atoms with E-state index in [0.717, 1.165) is 19.1 Å². The van der Waals surface area contributed by atoms with E-state index in [1.165, 1.54) is 0 Å². The number of carboxylic acids is 2. The number of carboxylic acid groups (broad SMARTS) is 2. The molecule has 0 saturated carbocycles. The zero-order valence-electron chi connectivity index (χ0n) is 8.73. The van der Waals surface area contributed by atoms with Crippen LogP contribution in [-0.4, -0.2) is 28.8 Å². The van der Waals surface area contributed by atoms with E-state index in [2.05, 4.69) is 0 Å². The van der Waals surface area contributed by atoms with Gasteiger partial charge in [0.15, 0.2) is 5.56 Å². The molecule has 1 rings (SSSR count). The van der Waals surface area contributed by atoms with Crippen LogP contribution in [0, 0.1) is 0 Å². The highest BCUT2D eigenvalue weighted by Crippen LogP contribution is 2.25. The zero-order chi connectivity index (χ0) is 12.1. The highest BCUT2D eigenvalue weighted by atomic mass is 16.6. The first-order chi connectivity index (χ1) is 7.57. The van der Waals surface area contributed by atoms with Crippen LogP contribution in [0.25, 0.3) is 0 Å². The molecule has 1 aromatic heterocycles. The lowest BCUT2D eigenvalue weighted by atomic mass is 10.2. The van der Waals surface area contributed by atoms with Crippen molar-refractivity contribution in [3.8, 4) is 5.95 Å². The minimum Gasteiger partial charge on any atom is -0.478 e. The summed E-state index contributed by atoms with van der Waals surface area (Å²) in [5.41, 5.74) is -0.845. The summed E-state index contributed by atoms with van der Waals surface area (Å²) in [6.07, 6.45) is 2.49. The first-order valence-corrected chi connectivity index (χ1v) is 4.78. The predicted molar refractivity (Wildman–Crippen MR) is 53.0 cm³/mol. The fraction of sp³-hybridized carbons (Fsp3) is 0.400. The van der Waals surface area contributed by atoms with Crippen LogP contribution in [0.1, 0.15) is 40.5 Å². The molecule has 0 spiro atoms. The van der Waals surface area contributed by atoms with E-state index in [4.69, 9.17) is 19.4 Å². The molecule has 1 heterocycles. The van der Waals surface area contributed by atoms with Gasteiger partial charge in [0.2, 0.25) is 0 Å². The SMILES string of the molecule is CCCCOc1occ(C(=O)O)c1C(=O)O. The standard InChI is InChI=1S/C10H12O6/c1-2-3-4-15-10-7(9(13)14)6(5-16-10)8(11)12/h5H,2-4H2,1H3,(H,11,12)(H,13,14). The predicted octanol–water partition coefficient (Wildman–Crippen LogP) is 1.85. The van der Waals surface area contributed by atoms with Gasteiger partial charge in [-0.05, 0) is 6.42 Å². The summed E-state index contributed by atoms with van der Waals surface area (Å²) >= 11 is 0. The Morgan fingerprint density at radius 3 is 2.56 bits per heavy atom. The van der Waals surface area contributed by atoms with Crippen molar-refractivity contribution >= 4 is 11.9 Å². The van der Waals surface area contributed by atoms with Crippen molar-refractivity contribution in [2.45, 2.75) is 19.8 Å². The Bertz CT molecular complexity index is 392. The van der Waals surface area contributed by atoms with Gasteiger partial charge >= 0.3 is 11.9 Å². The highest BCUT2D eigenvalue weighted by molar-refractivity contribution is 6.03. The van der Waals surface area contributed by atoms with Crippen molar-refractivity contribution in [1.82, 2.24) is 0 Å². The van der Waals surface area contributed by atoms with Crippen LogP contribution >= 0.6 is 0 Å². The first kappa shape index (κ1) is 12.1. The minimum absolute atomic E-state index is 0.252. The molecule has 88 valence electrons. The van der Waals surface area contributed by atoms with Crippen molar-refractivity contribution in [1.29, 1.82) is 0 Å². The third-order valence-electron chi connectivity index (χ3n) is 1.93. The van der Waals surface area contributed by atoms with Crippen LogP contribution < -0.4 is 4.74 Å². The smallest absolute Gasteiger partial charge is 0.344 e. The van der Waals surface area contributed by atoms with Crippen molar-refractivity contribution in [3.05, 3.63) is 17.4 Å². The fourth-order valence-electron chi connectivity index (χ4n) is 1.12. The number of carbonyl (C=O) groups is 2. The van der Waals surface area contributed by atoms with Gasteiger partial charge in [-0.15, -0.1) is 0 Å². The summed E-state index contributed by atoms with van der Waals surface area (Å²) in [6, 6.07) is 0. The molecule has 0 bridgehead atoms. The number of rotatable bonds is 6. The van der Waals surface area contributed by atoms with Gasteiger partial charge in [0.1, 0.15) is 11.8 Å². The topological polar surface area (TPSA) is 97.0 Å². The molecule has 0 aliphatic carbocycles. The normalized spacial score (nSPS) is 10.1. The summed E-state index contributed by atoms with van der Waals surface area (Å²) in [7, 11) is 0. The number of hydrogen-bond acceptors (Lipinski definition) is 4. The lowest BCUT2D eigenvalue weighted by molar-refractivity contribution is 0.0648. The fourth-order valence-corrected chi connectivity index (χ4v) is 1.12. The summed E-state index contributed by atoms with van der Waals surface area (Å²) in [6.45, 7) is 2.25. The summed E-state index contributed by atoms with van der Waals surface area (Å²) in [5, 5.41) is 17.6. The van der Waals surface area contributed by atoms with Crippen LogP contribution in [0.5, 0.6) is 5.95 Å². The average Bonchev–Trinajstić information content (AvgIpc) is 2.62. The second-order valence-electron chi connectivity index (χ2n) is 3.12. The van der Waals surface area contributed by atoms with Crippen LogP contribution in [0.15, 0.2) is 10.7 Å². The maximum atomic E-state index is 10.8. The first-order valence-electron chi connectivity index (χ1n) is 4.78. The van der Waals surface area contributed by atoms with E-state index in [1.54, 1.807) is 0 Å². The second kappa shape index (κ2) is 5.20. The summed E-state index contributed by atoms with van der Waals surface area (Å²) < 4.78 is 9.84. The minimum atomic E-state index is -1.38. The van der Waals surface area contributed by atoms with Gasteiger partial charge in [-0.25, -0.2) is 9.59 Å². The molecule has 0 unspecified atom stereocenters. The lowest BCUT2D eigenvalue weighted by Gasteiger charge is -2.02. The Kier molecular flexibility index (Phi) is 3.93. The van der Waals surface area contributed by atoms with Crippen LogP contribution in [-0.2, 0) is 0 Å². The lowest BCUT2D eigenvalue weighted by Crippen LogP contribution is -2.07. The number of furan rings is 1. The third-order valence-corrected chi connectivity index (χ3v) is 1.93. The maximum absolute atomic E-state index is 10.8. The summed E-state index contributed by atoms with van der Waals surface area (Å²) in [5.74, 6) is -2.98. The van der Waals surface area contributed by atoms with Crippen LogP contribution in [0.2, 0.25) is 0 Å². The molecule has 0 radical (unpaired) electrons. The molecule has 0 aliphatic heterocycles. The Hall–Kier alpha value is -1.98. The van der Waals surface area contributed by atoms with Crippen molar-refractivity contribution in [3.63, 3.8) is 0 Å². The number of unbranched alkanes of at least 4 members (excludes halogenated alkanes) is 1. The zero-order valence-corrected chi connectivity index (χ0v) is 8.73. The van der Waals surface area contributed by atoms with E-state index in [-0.39, 0.29) is 5.95 Å². The van der Waals surface area contributed by atoms with Gasteiger partial charge in [-0.2, -0.15) is 0 Å². The Balaban J connectivity index is 2.92.